The van der Waals surface area contributed by atoms with Crippen molar-refractivity contribution < 1.29 is 17.9 Å². The first-order chi connectivity index (χ1) is 7.80. The van der Waals surface area contributed by atoms with Crippen molar-refractivity contribution in [2.24, 2.45) is 0 Å². The minimum atomic E-state index is -4.46. The van der Waals surface area contributed by atoms with Crippen LogP contribution < -0.4 is 4.74 Å². The number of hydrogen-bond donors (Lipinski definition) is 1. The summed E-state index contributed by atoms with van der Waals surface area (Å²) in [6, 6.07) is 0.782. The summed E-state index contributed by atoms with van der Waals surface area (Å²) in [6.07, 6.45) is -3.78. The van der Waals surface area contributed by atoms with Gasteiger partial charge in [-0.05, 0) is 20.2 Å². The van der Waals surface area contributed by atoms with Crippen molar-refractivity contribution in [2.45, 2.75) is 6.18 Å². The summed E-state index contributed by atoms with van der Waals surface area (Å²) in [4.78, 5) is 3.51. The molecule has 96 valence electrons. The summed E-state index contributed by atoms with van der Waals surface area (Å²) in [7, 11) is 3.62. The molecule has 1 rings (SSSR count). The molecular weight excluding hydrogens is 277 g/mol. The van der Waals surface area contributed by atoms with Crippen LogP contribution in [0.1, 0.15) is 5.56 Å². The first-order valence-corrected chi connectivity index (χ1v) is 5.69. The summed E-state index contributed by atoms with van der Waals surface area (Å²) in [6.45, 7) is 0. The summed E-state index contributed by atoms with van der Waals surface area (Å²) in [5.41, 5.74) is 0.474. The summed E-state index contributed by atoms with van der Waals surface area (Å²) in [5, 5.41) is -0.176. The van der Waals surface area contributed by atoms with Gasteiger partial charge in [-0.1, -0.05) is 23.1 Å². The van der Waals surface area contributed by atoms with Crippen LogP contribution in [0, 0.1) is 0 Å². The molecule has 0 spiro atoms. The molecule has 8 heteroatoms. The summed E-state index contributed by atoms with van der Waals surface area (Å²) < 4.78 is 43.7. The van der Waals surface area contributed by atoms with Gasteiger partial charge in [-0.2, -0.15) is 13.2 Å². The standard InChI is InChI=1S/C9H10ClF3N2OS/c1-15(2)17-5-16-8-7(10)3-6(4-14-8)9(11,12)13/h3-5,17H,1-2H3. The molecule has 0 unspecified atom stereocenters. The molecule has 0 fully saturated rings. The van der Waals surface area contributed by atoms with Gasteiger partial charge < -0.3 is 4.74 Å². The molecule has 0 atom stereocenters. The van der Waals surface area contributed by atoms with Crippen LogP contribution >= 0.6 is 23.1 Å². The molecule has 0 bridgehead atoms. The van der Waals surface area contributed by atoms with Gasteiger partial charge in [-0.15, -0.1) is 0 Å². The second-order valence-electron chi connectivity index (χ2n) is 3.19. The van der Waals surface area contributed by atoms with E-state index < -0.39 is 11.7 Å². The quantitative estimate of drug-likeness (QED) is 0.683. The van der Waals surface area contributed by atoms with Crippen LogP contribution in [0.2, 0.25) is 5.02 Å². The second kappa shape index (κ2) is 5.70. The molecule has 0 aromatic carbocycles. The fourth-order valence-corrected chi connectivity index (χ4v) is 1.38. The number of hydrogen-bond acceptors (Lipinski definition) is 3. The topological polar surface area (TPSA) is 25.4 Å². The molecule has 0 N–H and O–H groups in total. The van der Waals surface area contributed by atoms with E-state index in [9.17, 15) is 13.2 Å². The van der Waals surface area contributed by atoms with Gasteiger partial charge in [0.25, 0.3) is 0 Å². The van der Waals surface area contributed by atoms with E-state index in [1.807, 2.05) is 14.1 Å². The fourth-order valence-electron chi connectivity index (χ4n) is 0.835. The molecule has 1 aromatic heterocycles. The first-order valence-electron chi connectivity index (χ1n) is 4.40. The first kappa shape index (κ1) is 14.3. The van der Waals surface area contributed by atoms with E-state index in [1.54, 1.807) is 4.31 Å². The molecule has 0 saturated carbocycles. The third kappa shape index (κ3) is 4.53. The SMILES string of the molecule is CN(C)[SH]=COc1ncc(C(F)(F)F)cc1Cl. The molecule has 0 amide bonds. The lowest BCUT2D eigenvalue weighted by molar-refractivity contribution is -0.137. The van der Waals surface area contributed by atoms with Gasteiger partial charge in [-0.25, -0.2) is 4.98 Å². The highest BCUT2D eigenvalue weighted by molar-refractivity contribution is 7.95. The number of ether oxygens (including phenoxy) is 1. The Hall–Kier alpha value is -0.790. The zero-order valence-electron chi connectivity index (χ0n) is 8.99. The van der Waals surface area contributed by atoms with Crippen molar-refractivity contribution in [3.63, 3.8) is 0 Å². The number of pyridine rings is 1. The minimum absolute atomic E-state index is 0.0472. The Bertz CT molecular complexity index is 423. The predicted molar refractivity (Wildman–Crippen MR) is 63.6 cm³/mol. The smallest absolute Gasteiger partial charge is 0.417 e. The lowest BCUT2D eigenvalue weighted by Crippen LogP contribution is -2.06. The third-order valence-corrected chi connectivity index (χ3v) is 2.51. The van der Waals surface area contributed by atoms with Crippen LogP contribution in [0.5, 0.6) is 5.88 Å². The Kier molecular flexibility index (Phi) is 4.79. The van der Waals surface area contributed by atoms with E-state index >= 15 is 0 Å². The zero-order chi connectivity index (χ0) is 13.1. The predicted octanol–water partition coefficient (Wildman–Crippen LogP) is 2.83. The number of aromatic nitrogens is 1. The number of nitrogens with zero attached hydrogens (tertiary/aromatic N) is 2. The maximum absolute atomic E-state index is 12.3. The Balaban J connectivity index is 2.84. The zero-order valence-corrected chi connectivity index (χ0v) is 10.6. The Morgan fingerprint density at radius 3 is 2.59 bits per heavy atom. The summed E-state index contributed by atoms with van der Waals surface area (Å²) >= 11 is 6.36. The lowest BCUT2D eigenvalue weighted by atomic mass is 10.3. The van der Waals surface area contributed by atoms with E-state index in [0.29, 0.717) is 6.20 Å². The maximum Gasteiger partial charge on any atom is 0.417 e. The average molecular weight is 287 g/mol. The van der Waals surface area contributed by atoms with E-state index in [1.165, 1.54) is 5.55 Å². The van der Waals surface area contributed by atoms with Crippen molar-refractivity contribution in [1.29, 1.82) is 0 Å². The lowest BCUT2D eigenvalue weighted by Gasteiger charge is -2.08. The van der Waals surface area contributed by atoms with Crippen LogP contribution in [-0.4, -0.2) is 28.9 Å². The van der Waals surface area contributed by atoms with Crippen molar-refractivity contribution in [1.82, 2.24) is 9.29 Å². The molecule has 0 aliphatic heterocycles. The number of alkyl halides is 3. The molecule has 0 saturated heterocycles. The highest BCUT2D eigenvalue weighted by atomic mass is 35.5. The summed E-state index contributed by atoms with van der Waals surface area (Å²) in [5.74, 6) is -0.0472. The van der Waals surface area contributed by atoms with Crippen LogP contribution in [0.3, 0.4) is 0 Å². The maximum atomic E-state index is 12.3. The second-order valence-corrected chi connectivity index (χ2v) is 4.84. The molecule has 1 aromatic rings. The molecule has 1 heterocycles. The van der Waals surface area contributed by atoms with Crippen LogP contribution in [0.15, 0.2) is 12.3 Å². The van der Waals surface area contributed by atoms with Gasteiger partial charge in [0.05, 0.1) is 5.56 Å². The normalized spacial score (nSPS) is 12.9. The highest BCUT2D eigenvalue weighted by Crippen LogP contribution is 2.32. The van der Waals surface area contributed by atoms with Crippen LogP contribution in [0.4, 0.5) is 13.2 Å². The monoisotopic (exact) mass is 286 g/mol. The van der Waals surface area contributed by atoms with E-state index in [4.69, 9.17) is 16.3 Å². The number of rotatable bonds is 3. The van der Waals surface area contributed by atoms with Gasteiger partial charge in [0, 0.05) is 6.20 Å². The molecule has 0 radical (unpaired) electrons. The van der Waals surface area contributed by atoms with Gasteiger partial charge in [0.2, 0.25) is 5.88 Å². The van der Waals surface area contributed by atoms with E-state index in [-0.39, 0.29) is 10.9 Å². The van der Waals surface area contributed by atoms with E-state index in [0.717, 1.165) is 17.6 Å². The molecular formula is C9H10ClF3N2OS. The van der Waals surface area contributed by atoms with Crippen molar-refractivity contribution in [2.75, 3.05) is 14.1 Å². The molecule has 0 aliphatic carbocycles. The van der Waals surface area contributed by atoms with Crippen LogP contribution in [0.25, 0.3) is 0 Å². The van der Waals surface area contributed by atoms with Crippen LogP contribution in [-0.2, 0) is 6.18 Å². The van der Waals surface area contributed by atoms with Gasteiger partial charge >= 0.3 is 6.18 Å². The number of halogens is 4. The third-order valence-electron chi connectivity index (χ3n) is 1.58. The molecule has 3 nitrogen and oxygen atoms in total. The minimum Gasteiger partial charge on any atom is -0.438 e. The Morgan fingerprint density at radius 2 is 2.12 bits per heavy atom. The van der Waals surface area contributed by atoms with Gasteiger partial charge in [-0.3, -0.25) is 4.31 Å². The highest BCUT2D eigenvalue weighted by Gasteiger charge is 2.31. The van der Waals surface area contributed by atoms with Crippen molar-refractivity contribution >= 4 is 28.7 Å². The average Bonchev–Trinajstić information content (AvgIpc) is 2.18. The molecule has 17 heavy (non-hydrogen) atoms. The Labute approximate surface area is 105 Å². The van der Waals surface area contributed by atoms with Crippen molar-refractivity contribution in [3.8, 4) is 5.88 Å². The van der Waals surface area contributed by atoms with Crippen molar-refractivity contribution in [3.05, 3.63) is 22.8 Å². The molecule has 0 aliphatic rings. The van der Waals surface area contributed by atoms with Gasteiger partial charge in [0.15, 0.2) is 0 Å². The Morgan fingerprint density at radius 1 is 1.47 bits per heavy atom. The van der Waals surface area contributed by atoms with Gasteiger partial charge in [0.1, 0.15) is 10.6 Å². The number of thiol groups is 1. The fraction of sp³-hybridized carbons (Fsp3) is 0.333. The van der Waals surface area contributed by atoms with E-state index in [2.05, 4.69) is 4.98 Å². The largest absolute Gasteiger partial charge is 0.438 e.